The third-order valence-corrected chi connectivity index (χ3v) is 3.64. The molecule has 4 nitrogen and oxygen atoms in total. The molecule has 18 heavy (non-hydrogen) atoms. The average molecular weight is 328 g/mol. The molecule has 1 unspecified atom stereocenters. The third-order valence-electron chi connectivity index (χ3n) is 2.51. The van der Waals surface area contributed by atoms with Gasteiger partial charge in [0.2, 0.25) is 0 Å². The third kappa shape index (κ3) is 2.97. The van der Waals surface area contributed by atoms with Crippen LogP contribution in [-0.4, -0.2) is 15.0 Å². The first-order valence-electron chi connectivity index (χ1n) is 5.43. The highest BCUT2D eigenvalue weighted by Crippen LogP contribution is 2.25. The molecule has 0 aliphatic carbocycles. The van der Waals surface area contributed by atoms with Crippen LogP contribution in [0.15, 0.2) is 29.1 Å². The summed E-state index contributed by atoms with van der Waals surface area (Å²) < 4.78 is 0.761. The number of anilines is 1. The molecule has 0 fully saturated rings. The van der Waals surface area contributed by atoms with Gasteiger partial charge in [-0.2, -0.15) is 0 Å². The number of rotatable bonds is 3. The van der Waals surface area contributed by atoms with Crippen molar-refractivity contribution >= 4 is 33.2 Å². The van der Waals surface area contributed by atoms with Gasteiger partial charge in [-0.05, 0) is 35.8 Å². The Bertz CT molecular complexity index is 562. The first-order valence-corrected chi connectivity index (χ1v) is 6.60. The van der Waals surface area contributed by atoms with E-state index in [-0.39, 0.29) is 6.04 Å². The van der Waals surface area contributed by atoms with E-state index >= 15 is 0 Å². The average Bonchev–Trinajstić information content (AvgIpc) is 2.34. The van der Waals surface area contributed by atoms with E-state index in [9.17, 15) is 0 Å². The summed E-state index contributed by atoms with van der Waals surface area (Å²) in [4.78, 5) is 12.6. The summed E-state index contributed by atoms with van der Waals surface area (Å²) in [5.41, 5.74) is 2.71. The Morgan fingerprint density at radius 1 is 1.28 bits per heavy atom. The maximum Gasteiger partial charge on any atom is 0.143 e. The fourth-order valence-electron chi connectivity index (χ4n) is 1.66. The summed E-state index contributed by atoms with van der Waals surface area (Å²) in [7, 11) is 0. The second-order valence-corrected chi connectivity index (χ2v) is 5.10. The molecule has 0 radical (unpaired) electrons. The van der Waals surface area contributed by atoms with Crippen molar-refractivity contribution in [2.45, 2.75) is 19.9 Å². The largest absolute Gasteiger partial charge is 0.376 e. The molecule has 0 spiro atoms. The Morgan fingerprint density at radius 3 is 2.67 bits per heavy atom. The summed E-state index contributed by atoms with van der Waals surface area (Å²) >= 11 is 9.20. The van der Waals surface area contributed by atoms with Gasteiger partial charge in [-0.1, -0.05) is 11.6 Å². The van der Waals surface area contributed by atoms with Crippen LogP contribution < -0.4 is 5.32 Å². The highest BCUT2D eigenvalue weighted by atomic mass is 79.9. The van der Waals surface area contributed by atoms with Crippen molar-refractivity contribution in [1.29, 1.82) is 0 Å². The molecule has 1 atom stereocenters. The first-order chi connectivity index (χ1) is 8.58. The lowest BCUT2D eigenvalue weighted by atomic mass is 10.2. The number of pyridine rings is 1. The maximum absolute atomic E-state index is 5.85. The number of aryl methyl sites for hydroxylation is 1. The smallest absolute Gasteiger partial charge is 0.143 e. The predicted molar refractivity (Wildman–Crippen MR) is 75.8 cm³/mol. The molecule has 2 rings (SSSR count). The van der Waals surface area contributed by atoms with Gasteiger partial charge < -0.3 is 5.32 Å². The summed E-state index contributed by atoms with van der Waals surface area (Å²) in [6.45, 7) is 3.97. The quantitative estimate of drug-likeness (QED) is 0.872. The van der Waals surface area contributed by atoms with Gasteiger partial charge in [0.1, 0.15) is 5.15 Å². The number of halogens is 2. The van der Waals surface area contributed by atoms with Gasteiger partial charge in [0.25, 0.3) is 0 Å². The van der Waals surface area contributed by atoms with Gasteiger partial charge in [-0.15, -0.1) is 0 Å². The number of aromatic nitrogens is 3. The second-order valence-electron chi connectivity index (χ2n) is 3.89. The maximum atomic E-state index is 5.85. The zero-order valence-electron chi connectivity index (χ0n) is 9.98. The Labute approximate surface area is 119 Å². The van der Waals surface area contributed by atoms with Crippen LogP contribution in [0, 0.1) is 6.92 Å². The highest BCUT2D eigenvalue weighted by Gasteiger charge is 2.11. The van der Waals surface area contributed by atoms with E-state index in [1.165, 1.54) is 0 Å². The van der Waals surface area contributed by atoms with E-state index in [0.717, 1.165) is 21.5 Å². The predicted octanol–water partition coefficient (Wildman–Crippen LogP) is 3.77. The monoisotopic (exact) mass is 326 g/mol. The van der Waals surface area contributed by atoms with E-state index in [0.29, 0.717) is 5.15 Å². The van der Waals surface area contributed by atoms with E-state index in [4.69, 9.17) is 11.6 Å². The molecular formula is C12H12BrClN4. The topological polar surface area (TPSA) is 50.7 Å². The lowest BCUT2D eigenvalue weighted by Gasteiger charge is -2.16. The van der Waals surface area contributed by atoms with Crippen LogP contribution in [0.5, 0.6) is 0 Å². The van der Waals surface area contributed by atoms with Crippen LogP contribution in [-0.2, 0) is 0 Å². The Morgan fingerprint density at radius 2 is 2.00 bits per heavy atom. The lowest BCUT2D eigenvalue weighted by Crippen LogP contribution is -2.11. The normalized spacial score (nSPS) is 12.2. The van der Waals surface area contributed by atoms with E-state index in [1.54, 1.807) is 18.6 Å². The Hall–Kier alpha value is -1.20. The minimum Gasteiger partial charge on any atom is -0.376 e. The zero-order chi connectivity index (χ0) is 13.1. The molecule has 0 amide bonds. The van der Waals surface area contributed by atoms with Crippen LogP contribution in [0.3, 0.4) is 0 Å². The number of hydrogen-bond acceptors (Lipinski definition) is 4. The summed E-state index contributed by atoms with van der Waals surface area (Å²) in [5.74, 6) is 0. The number of hydrogen-bond donors (Lipinski definition) is 1. The second kappa shape index (κ2) is 5.63. The fourth-order valence-corrected chi connectivity index (χ4v) is 2.11. The Kier molecular flexibility index (Phi) is 4.14. The summed E-state index contributed by atoms with van der Waals surface area (Å²) in [6.07, 6.45) is 5.07. The standard InChI is InChI=1S/C12H12BrClN4/c1-7-11(16-4-3-15-7)8(2)18-9-5-10(13)12(14)17-6-9/h3-6,8,18H,1-2H3. The molecule has 2 aromatic heterocycles. The Balaban J connectivity index is 2.19. The van der Waals surface area contributed by atoms with Crippen molar-refractivity contribution in [2.75, 3.05) is 5.32 Å². The minimum absolute atomic E-state index is 0.0496. The molecule has 0 saturated heterocycles. The van der Waals surface area contributed by atoms with E-state index in [1.807, 2.05) is 19.9 Å². The highest BCUT2D eigenvalue weighted by molar-refractivity contribution is 9.10. The van der Waals surface area contributed by atoms with Gasteiger partial charge in [0.15, 0.2) is 0 Å². The molecule has 0 saturated carbocycles. The zero-order valence-corrected chi connectivity index (χ0v) is 12.3. The molecule has 2 aromatic rings. The van der Waals surface area contributed by atoms with E-state index in [2.05, 4.69) is 36.2 Å². The molecule has 0 aliphatic heterocycles. The molecule has 94 valence electrons. The summed E-state index contributed by atoms with van der Waals surface area (Å²) in [5, 5.41) is 3.76. The van der Waals surface area contributed by atoms with Crippen LogP contribution in [0.1, 0.15) is 24.4 Å². The van der Waals surface area contributed by atoms with Crippen molar-refractivity contribution in [1.82, 2.24) is 15.0 Å². The van der Waals surface area contributed by atoms with Gasteiger partial charge >= 0.3 is 0 Å². The SMILES string of the molecule is Cc1nccnc1C(C)Nc1cnc(Cl)c(Br)c1. The van der Waals surface area contributed by atoms with Gasteiger partial charge in [-0.3, -0.25) is 9.97 Å². The van der Waals surface area contributed by atoms with E-state index < -0.39 is 0 Å². The van der Waals surface area contributed by atoms with Crippen LogP contribution >= 0.6 is 27.5 Å². The molecule has 1 N–H and O–H groups in total. The number of nitrogens with one attached hydrogen (secondary N) is 1. The molecule has 0 bridgehead atoms. The van der Waals surface area contributed by atoms with Crippen molar-refractivity contribution < 1.29 is 0 Å². The van der Waals surface area contributed by atoms with Gasteiger partial charge in [-0.25, -0.2) is 4.98 Å². The lowest BCUT2D eigenvalue weighted by molar-refractivity contribution is 0.809. The van der Waals surface area contributed by atoms with Crippen LogP contribution in [0.2, 0.25) is 5.15 Å². The van der Waals surface area contributed by atoms with Crippen molar-refractivity contribution in [3.8, 4) is 0 Å². The van der Waals surface area contributed by atoms with Crippen LogP contribution in [0.4, 0.5) is 5.69 Å². The van der Waals surface area contributed by atoms with Crippen molar-refractivity contribution in [2.24, 2.45) is 0 Å². The number of nitrogens with zero attached hydrogens (tertiary/aromatic N) is 3. The van der Waals surface area contributed by atoms with Crippen LogP contribution in [0.25, 0.3) is 0 Å². The minimum atomic E-state index is 0.0496. The fraction of sp³-hybridized carbons (Fsp3) is 0.250. The van der Waals surface area contributed by atoms with Crippen molar-refractivity contribution in [3.05, 3.63) is 45.7 Å². The van der Waals surface area contributed by atoms with Gasteiger partial charge in [0, 0.05) is 12.4 Å². The molecule has 2 heterocycles. The van der Waals surface area contributed by atoms with Gasteiger partial charge in [0.05, 0.1) is 33.8 Å². The van der Waals surface area contributed by atoms with Crippen molar-refractivity contribution in [3.63, 3.8) is 0 Å². The first kappa shape index (κ1) is 13.2. The summed E-state index contributed by atoms with van der Waals surface area (Å²) in [6, 6.07) is 1.94. The molecular weight excluding hydrogens is 316 g/mol. The molecule has 0 aliphatic rings. The molecule has 6 heteroatoms. The molecule has 0 aromatic carbocycles.